The van der Waals surface area contributed by atoms with Gasteiger partial charge in [0.05, 0.1) is 5.54 Å². The second-order valence-electron chi connectivity index (χ2n) is 2.41. The zero-order valence-corrected chi connectivity index (χ0v) is 4.87. The topological polar surface area (TPSA) is 64.9 Å². The third-order valence-electron chi connectivity index (χ3n) is 1.60. The summed E-state index contributed by atoms with van der Waals surface area (Å²) in [6, 6.07) is 0. The molecule has 1 fully saturated rings. The smallest absolute Gasteiger partial charge is 0.213 e. The number of rotatable bonds is 1. The highest BCUT2D eigenvalue weighted by molar-refractivity contribution is 5.11. The quantitative estimate of drug-likeness (QED) is 0.574. The van der Waals surface area contributed by atoms with Crippen molar-refractivity contribution in [3.05, 3.63) is 12.2 Å². The van der Waals surface area contributed by atoms with E-state index in [0.717, 1.165) is 12.8 Å². The summed E-state index contributed by atoms with van der Waals surface area (Å²) in [5, 5.41) is 3.64. The van der Waals surface area contributed by atoms with Crippen molar-refractivity contribution in [2.45, 2.75) is 18.4 Å². The third-order valence-corrected chi connectivity index (χ3v) is 1.60. The lowest BCUT2D eigenvalue weighted by Gasteiger charge is -1.97. The van der Waals surface area contributed by atoms with Crippen LogP contribution >= 0.6 is 0 Å². The number of nitrogens with zero attached hydrogens (tertiary/aromatic N) is 2. The van der Waals surface area contributed by atoms with Crippen molar-refractivity contribution in [3.63, 3.8) is 0 Å². The van der Waals surface area contributed by atoms with Gasteiger partial charge in [-0.3, -0.25) is 0 Å². The first-order chi connectivity index (χ1) is 4.31. The van der Waals surface area contributed by atoms with Crippen LogP contribution < -0.4 is 5.73 Å². The summed E-state index contributed by atoms with van der Waals surface area (Å²) in [6.45, 7) is 0. The zero-order valence-electron chi connectivity index (χ0n) is 4.87. The molecular formula is C5H7N3O. The van der Waals surface area contributed by atoms with Crippen LogP contribution in [0.4, 0.5) is 0 Å². The Kier molecular flexibility index (Phi) is 0.728. The molecule has 0 aromatic carbocycles. The molecule has 9 heavy (non-hydrogen) atoms. The van der Waals surface area contributed by atoms with Crippen molar-refractivity contribution in [3.8, 4) is 0 Å². The van der Waals surface area contributed by atoms with Crippen LogP contribution in [0.3, 0.4) is 0 Å². The molecule has 1 heterocycles. The Morgan fingerprint density at radius 3 is 2.89 bits per heavy atom. The molecule has 0 bridgehead atoms. The summed E-state index contributed by atoms with van der Waals surface area (Å²) in [5.41, 5.74) is 5.48. The third kappa shape index (κ3) is 0.632. The Bertz CT molecular complexity index is 202. The number of aromatic nitrogens is 2. The Labute approximate surface area is 52.0 Å². The second kappa shape index (κ2) is 1.33. The maximum absolute atomic E-state index is 5.73. The van der Waals surface area contributed by atoms with Crippen molar-refractivity contribution in [2.24, 2.45) is 5.73 Å². The number of hydrogen-bond acceptors (Lipinski definition) is 4. The summed E-state index contributed by atoms with van der Waals surface area (Å²) < 4.78 is 4.54. The SMILES string of the molecule is NC1(c2ncon2)CC1. The first-order valence-electron chi connectivity index (χ1n) is 2.87. The van der Waals surface area contributed by atoms with Gasteiger partial charge in [0, 0.05) is 0 Å². The van der Waals surface area contributed by atoms with Crippen LogP contribution in [0.1, 0.15) is 18.7 Å². The normalized spacial score (nSPS) is 21.9. The van der Waals surface area contributed by atoms with Crippen molar-refractivity contribution in [2.75, 3.05) is 0 Å². The molecule has 1 aromatic heterocycles. The Morgan fingerprint density at radius 2 is 2.44 bits per heavy atom. The van der Waals surface area contributed by atoms with E-state index in [2.05, 4.69) is 14.7 Å². The fourth-order valence-corrected chi connectivity index (χ4v) is 0.748. The van der Waals surface area contributed by atoms with Crippen LogP contribution in [0.5, 0.6) is 0 Å². The summed E-state index contributed by atoms with van der Waals surface area (Å²) in [7, 11) is 0. The van der Waals surface area contributed by atoms with Gasteiger partial charge in [0.15, 0.2) is 5.82 Å². The summed E-state index contributed by atoms with van der Waals surface area (Å²) in [6.07, 6.45) is 3.27. The second-order valence-corrected chi connectivity index (χ2v) is 2.41. The Morgan fingerprint density at radius 1 is 1.67 bits per heavy atom. The Balaban J connectivity index is 2.34. The van der Waals surface area contributed by atoms with Crippen LogP contribution in [0.2, 0.25) is 0 Å². The van der Waals surface area contributed by atoms with Crippen molar-refractivity contribution in [1.82, 2.24) is 10.1 Å². The molecule has 1 aromatic rings. The molecule has 0 saturated heterocycles. The van der Waals surface area contributed by atoms with Gasteiger partial charge < -0.3 is 10.3 Å². The van der Waals surface area contributed by atoms with E-state index in [1.807, 2.05) is 0 Å². The average Bonchev–Trinajstić information content (AvgIpc) is 2.46. The van der Waals surface area contributed by atoms with Gasteiger partial charge in [-0.25, -0.2) is 0 Å². The van der Waals surface area contributed by atoms with Gasteiger partial charge in [0.25, 0.3) is 0 Å². The van der Waals surface area contributed by atoms with Crippen molar-refractivity contribution >= 4 is 0 Å². The van der Waals surface area contributed by atoms with Crippen LogP contribution in [-0.4, -0.2) is 10.1 Å². The van der Waals surface area contributed by atoms with Crippen molar-refractivity contribution < 1.29 is 4.52 Å². The number of hydrogen-bond donors (Lipinski definition) is 1. The van der Waals surface area contributed by atoms with Gasteiger partial charge in [-0.15, -0.1) is 0 Å². The highest BCUT2D eigenvalue weighted by atomic mass is 16.5. The lowest BCUT2D eigenvalue weighted by atomic mass is 10.3. The molecule has 0 unspecified atom stereocenters. The van der Waals surface area contributed by atoms with E-state index in [0.29, 0.717) is 5.82 Å². The van der Waals surface area contributed by atoms with E-state index in [-0.39, 0.29) is 5.54 Å². The predicted octanol–water partition coefficient (Wildman–Crippen LogP) is 0.0174. The van der Waals surface area contributed by atoms with E-state index >= 15 is 0 Å². The molecule has 2 N–H and O–H groups in total. The van der Waals surface area contributed by atoms with E-state index in [9.17, 15) is 0 Å². The molecular weight excluding hydrogens is 118 g/mol. The maximum atomic E-state index is 5.73. The van der Waals surface area contributed by atoms with E-state index in [1.165, 1.54) is 6.39 Å². The van der Waals surface area contributed by atoms with E-state index < -0.39 is 0 Å². The summed E-state index contributed by atoms with van der Waals surface area (Å²) >= 11 is 0. The first-order valence-corrected chi connectivity index (χ1v) is 2.87. The van der Waals surface area contributed by atoms with Crippen LogP contribution in [0.15, 0.2) is 10.9 Å². The minimum atomic E-state index is -0.243. The average molecular weight is 125 g/mol. The highest BCUT2D eigenvalue weighted by Crippen LogP contribution is 2.40. The molecule has 48 valence electrons. The van der Waals surface area contributed by atoms with Crippen molar-refractivity contribution in [1.29, 1.82) is 0 Å². The van der Waals surface area contributed by atoms with Crippen LogP contribution in [0.25, 0.3) is 0 Å². The predicted molar refractivity (Wildman–Crippen MR) is 29.4 cm³/mol. The van der Waals surface area contributed by atoms with Crippen LogP contribution in [-0.2, 0) is 5.54 Å². The van der Waals surface area contributed by atoms with Gasteiger partial charge in [0.2, 0.25) is 6.39 Å². The molecule has 0 amide bonds. The minimum Gasteiger partial charge on any atom is -0.343 e. The molecule has 1 aliphatic rings. The molecule has 0 radical (unpaired) electrons. The lowest BCUT2D eigenvalue weighted by Crippen LogP contribution is -2.20. The standard InChI is InChI=1S/C5H7N3O/c6-5(1-2-5)4-7-3-9-8-4/h3H,1-2,6H2. The Hall–Kier alpha value is -0.900. The van der Waals surface area contributed by atoms with Gasteiger partial charge in [-0.1, -0.05) is 5.16 Å². The molecule has 0 spiro atoms. The highest BCUT2D eigenvalue weighted by Gasteiger charge is 2.43. The zero-order chi connectivity index (χ0) is 6.32. The molecule has 1 saturated carbocycles. The van der Waals surface area contributed by atoms with Gasteiger partial charge in [-0.05, 0) is 12.8 Å². The largest absolute Gasteiger partial charge is 0.343 e. The fourth-order valence-electron chi connectivity index (χ4n) is 0.748. The summed E-state index contributed by atoms with van der Waals surface area (Å²) in [4.78, 5) is 3.85. The monoisotopic (exact) mass is 125 g/mol. The van der Waals surface area contributed by atoms with Gasteiger partial charge in [-0.2, -0.15) is 4.98 Å². The summed E-state index contributed by atoms with van der Waals surface area (Å²) in [5.74, 6) is 0.641. The van der Waals surface area contributed by atoms with Gasteiger partial charge >= 0.3 is 0 Å². The fraction of sp³-hybridized carbons (Fsp3) is 0.600. The van der Waals surface area contributed by atoms with Gasteiger partial charge in [0.1, 0.15) is 0 Å². The first kappa shape index (κ1) is 4.93. The molecule has 2 rings (SSSR count). The molecule has 4 heteroatoms. The molecule has 0 atom stereocenters. The van der Waals surface area contributed by atoms with Crippen LogP contribution in [0, 0.1) is 0 Å². The maximum Gasteiger partial charge on any atom is 0.213 e. The lowest BCUT2D eigenvalue weighted by molar-refractivity contribution is 0.402. The number of nitrogens with two attached hydrogens (primary N) is 1. The van der Waals surface area contributed by atoms with E-state index in [4.69, 9.17) is 5.73 Å². The molecule has 4 nitrogen and oxygen atoms in total. The molecule has 1 aliphatic carbocycles. The van der Waals surface area contributed by atoms with E-state index in [1.54, 1.807) is 0 Å². The molecule has 0 aliphatic heterocycles. The minimum absolute atomic E-state index is 0.243.